The Balaban J connectivity index is 3.06. The molecule has 0 aromatic rings. The van der Waals surface area contributed by atoms with Crippen LogP contribution in [0.25, 0.3) is 0 Å². The van der Waals surface area contributed by atoms with Gasteiger partial charge in [0.1, 0.15) is 6.10 Å². The largest absolute Gasteiger partial charge is 0.477 e. The maximum atomic E-state index is 11.3. The van der Waals surface area contributed by atoms with E-state index < -0.39 is 42.0 Å². The summed E-state index contributed by atoms with van der Waals surface area (Å²) >= 11 is 0. The van der Waals surface area contributed by atoms with Gasteiger partial charge in [0.25, 0.3) is 5.79 Å². The maximum Gasteiger partial charge on any atom is 0.364 e. The molecule has 0 aliphatic carbocycles. The number of aliphatic hydroxyl groups is 3. The van der Waals surface area contributed by atoms with E-state index in [1.807, 2.05) is 0 Å². The van der Waals surface area contributed by atoms with Gasteiger partial charge in [-0.3, -0.25) is 0 Å². The summed E-state index contributed by atoms with van der Waals surface area (Å²) in [5.41, 5.74) is 0. The quantitative estimate of drug-likeness (QED) is 0.386. The fourth-order valence-corrected chi connectivity index (χ4v) is 2.39. The second-order valence-corrected chi connectivity index (χ2v) is 5.08. The Morgan fingerprint density at radius 3 is 2.60 bits per heavy atom. The number of ether oxygens (including phenoxy) is 2. The minimum absolute atomic E-state index is 0.263. The van der Waals surface area contributed by atoms with Crippen LogP contribution in [0.15, 0.2) is 0 Å². The third kappa shape index (κ3) is 3.11. The van der Waals surface area contributed by atoms with Crippen molar-refractivity contribution in [3.8, 4) is 0 Å². The molecule has 5 N–H and O–H groups in total. The molecule has 0 amide bonds. The summed E-state index contributed by atoms with van der Waals surface area (Å²) in [6.45, 7) is 1.30. The molecular formula is C12H23NO7. The van der Waals surface area contributed by atoms with Crippen molar-refractivity contribution in [2.24, 2.45) is 5.92 Å². The molecular weight excluding hydrogens is 270 g/mol. The summed E-state index contributed by atoms with van der Waals surface area (Å²) in [4.78, 5) is 11.3. The highest BCUT2D eigenvalue weighted by molar-refractivity contribution is 5.76. The first-order valence-electron chi connectivity index (χ1n) is 6.43. The van der Waals surface area contributed by atoms with Crippen LogP contribution in [0, 0.1) is 5.92 Å². The number of hydrogen-bond acceptors (Lipinski definition) is 7. The fraction of sp³-hybridized carbons (Fsp3) is 0.917. The predicted octanol–water partition coefficient (Wildman–Crippen LogP) is -1.86. The summed E-state index contributed by atoms with van der Waals surface area (Å²) < 4.78 is 10.4. The van der Waals surface area contributed by atoms with E-state index in [9.17, 15) is 20.1 Å². The van der Waals surface area contributed by atoms with Crippen molar-refractivity contribution in [1.29, 1.82) is 0 Å². The average molecular weight is 293 g/mol. The standard InChI is InChI=1S/C12H23NO7/c1-6(5-14)9(16)10-8(13-2)7(15)4-12(19-3,20-10)11(17)18/h6-10,13-16H,4-5H2,1-3H3,(H,17,18). The van der Waals surface area contributed by atoms with E-state index in [-0.39, 0.29) is 13.0 Å². The van der Waals surface area contributed by atoms with Gasteiger partial charge in [-0.1, -0.05) is 6.92 Å². The highest BCUT2D eigenvalue weighted by Crippen LogP contribution is 2.33. The van der Waals surface area contributed by atoms with Crippen LogP contribution in [0.2, 0.25) is 0 Å². The number of nitrogens with one attached hydrogen (secondary N) is 1. The zero-order valence-corrected chi connectivity index (χ0v) is 11.8. The van der Waals surface area contributed by atoms with Crippen molar-refractivity contribution in [2.75, 3.05) is 20.8 Å². The number of methoxy groups -OCH3 is 1. The fourth-order valence-electron chi connectivity index (χ4n) is 2.39. The SMILES string of the molecule is CNC1C(O)CC(OC)(C(=O)O)OC1C(O)C(C)CO. The van der Waals surface area contributed by atoms with Crippen molar-refractivity contribution >= 4 is 5.97 Å². The number of likely N-dealkylation sites (N-methyl/N-ethyl adjacent to an activating group) is 1. The number of rotatable bonds is 6. The van der Waals surface area contributed by atoms with Crippen molar-refractivity contribution in [1.82, 2.24) is 5.32 Å². The summed E-state index contributed by atoms with van der Waals surface area (Å²) in [5.74, 6) is -3.92. The summed E-state index contributed by atoms with van der Waals surface area (Å²) in [6.07, 6.45) is -3.51. The molecule has 0 spiro atoms. The van der Waals surface area contributed by atoms with E-state index in [4.69, 9.17) is 14.6 Å². The Bertz CT molecular complexity index is 340. The van der Waals surface area contributed by atoms with E-state index in [0.717, 1.165) is 0 Å². The normalized spacial score (nSPS) is 37.4. The molecule has 20 heavy (non-hydrogen) atoms. The zero-order valence-electron chi connectivity index (χ0n) is 11.8. The molecule has 0 aromatic carbocycles. The number of aliphatic carboxylic acids is 1. The van der Waals surface area contributed by atoms with E-state index in [2.05, 4.69) is 5.32 Å². The van der Waals surface area contributed by atoms with Gasteiger partial charge in [-0.05, 0) is 7.05 Å². The molecule has 1 fully saturated rings. The van der Waals surface area contributed by atoms with Gasteiger partial charge in [-0.2, -0.15) is 0 Å². The highest BCUT2D eigenvalue weighted by atomic mass is 16.7. The van der Waals surface area contributed by atoms with Crippen LogP contribution in [0.5, 0.6) is 0 Å². The van der Waals surface area contributed by atoms with Crippen LogP contribution >= 0.6 is 0 Å². The molecule has 0 saturated carbocycles. The average Bonchev–Trinajstić information content (AvgIpc) is 2.44. The zero-order chi connectivity index (χ0) is 15.5. The van der Waals surface area contributed by atoms with Crippen molar-refractivity contribution in [2.45, 2.75) is 43.5 Å². The Morgan fingerprint density at radius 1 is 1.60 bits per heavy atom. The third-order valence-electron chi connectivity index (χ3n) is 3.77. The molecule has 0 aromatic heterocycles. The first-order valence-corrected chi connectivity index (χ1v) is 6.43. The lowest BCUT2D eigenvalue weighted by molar-refractivity contribution is -0.301. The third-order valence-corrected chi connectivity index (χ3v) is 3.77. The first-order chi connectivity index (χ1) is 9.32. The van der Waals surface area contributed by atoms with Gasteiger partial charge >= 0.3 is 5.97 Å². The van der Waals surface area contributed by atoms with Crippen LogP contribution < -0.4 is 5.32 Å². The molecule has 0 radical (unpaired) electrons. The smallest absolute Gasteiger partial charge is 0.364 e. The summed E-state index contributed by atoms with van der Waals surface area (Å²) in [5, 5.41) is 41.4. The molecule has 8 nitrogen and oxygen atoms in total. The Morgan fingerprint density at radius 2 is 2.20 bits per heavy atom. The Labute approximate surface area is 117 Å². The van der Waals surface area contributed by atoms with E-state index >= 15 is 0 Å². The molecule has 1 aliphatic heterocycles. The molecule has 1 aliphatic rings. The van der Waals surface area contributed by atoms with E-state index in [0.29, 0.717) is 0 Å². The van der Waals surface area contributed by atoms with E-state index in [1.165, 1.54) is 7.11 Å². The Kier molecular flexibility index (Phi) is 5.87. The van der Waals surface area contributed by atoms with Crippen molar-refractivity contribution < 1.29 is 34.7 Å². The van der Waals surface area contributed by atoms with Crippen LogP contribution in [0.1, 0.15) is 13.3 Å². The lowest BCUT2D eigenvalue weighted by Gasteiger charge is -2.46. The number of carboxylic acids is 1. The molecule has 1 saturated heterocycles. The van der Waals surface area contributed by atoms with Gasteiger partial charge in [-0.15, -0.1) is 0 Å². The number of hydrogen-bond donors (Lipinski definition) is 5. The predicted molar refractivity (Wildman–Crippen MR) is 68.0 cm³/mol. The van der Waals surface area contributed by atoms with Gasteiger partial charge in [0.15, 0.2) is 0 Å². The topological polar surface area (TPSA) is 128 Å². The van der Waals surface area contributed by atoms with Crippen molar-refractivity contribution in [3.05, 3.63) is 0 Å². The monoisotopic (exact) mass is 293 g/mol. The lowest BCUT2D eigenvalue weighted by atomic mass is 9.86. The molecule has 1 heterocycles. The number of aliphatic hydroxyl groups excluding tert-OH is 3. The molecule has 6 unspecified atom stereocenters. The maximum absolute atomic E-state index is 11.3. The van der Waals surface area contributed by atoms with Crippen LogP contribution in [0.4, 0.5) is 0 Å². The number of carboxylic acid groups (broad SMARTS) is 1. The molecule has 0 bridgehead atoms. The van der Waals surface area contributed by atoms with Gasteiger partial charge in [0.05, 0.1) is 18.2 Å². The Hall–Kier alpha value is -0.770. The number of carbonyl (C=O) groups is 1. The molecule has 8 heteroatoms. The lowest BCUT2D eigenvalue weighted by Crippen LogP contribution is -2.66. The van der Waals surface area contributed by atoms with Crippen molar-refractivity contribution in [3.63, 3.8) is 0 Å². The van der Waals surface area contributed by atoms with Crippen LogP contribution in [-0.2, 0) is 14.3 Å². The molecule has 118 valence electrons. The van der Waals surface area contributed by atoms with Gasteiger partial charge in [0.2, 0.25) is 0 Å². The van der Waals surface area contributed by atoms with Crippen LogP contribution in [-0.4, -0.2) is 77.3 Å². The van der Waals surface area contributed by atoms with Gasteiger partial charge < -0.3 is 35.2 Å². The van der Waals surface area contributed by atoms with Gasteiger partial charge in [0, 0.05) is 26.1 Å². The minimum atomic E-state index is -2.01. The second-order valence-electron chi connectivity index (χ2n) is 5.08. The highest BCUT2D eigenvalue weighted by Gasteiger charge is 2.54. The second kappa shape index (κ2) is 6.79. The first kappa shape index (κ1) is 17.3. The molecule has 1 rings (SSSR count). The molecule has 6 atom stereocenters. The summed E-state index contributed by atoms with van der Waals surface area (Å²) in [7, 11) is 2.74. The van der Waals surface area contributed by atoms with E-state index in [1.54, 1.807) is 14.0 Å². The van der Waals surface area contributed by atoms with Crippen LogP contribution in [0.3, 0.4) is 0 Å². The minimum Gasteiger partial charge on any atom is -0.477 e. The van der Waals surface area contributed by atoms with Gasteiger partial charge in [-0.25, -0.2) is 4.79 Å². The summed E-state index contributed by atoms with van der Waals surface area (Å²) in [6, 6.07) is -0.665.